The Bertz CT molecular complexity index is 1640. The number of aromatic amines is 1. The zero-order valence-electron chi connectivity index (χ0n) is 19.8. The number of aryl methyl sites for hydroxylation is 1. The SMILES string of the molecule is Cc1cc(-c2cc(Cl)ccc2-n2cnnn2)cc(=O)n1Cc1ncc(-c2ccc(N(C)C(=O)O)cc2)[nH]1. The number of anilines is 1. The Morgan fingerprint density at radius 3 is 2.57 bits per heavy atom. The third-order valence-electron chi connectivity index (χ3n) is 5.99. The number of amides is 1. The van der Waals surface area contributed by atoms with E-state index in [2.05, 4.69) is 25.5 Å². The summed E-state index contributed by atoms with van der Waals surface area (Å²) in [4.78, 5) is 33.1. The molecule has 12 heteroatoms. The summed E-state index contributed by atoms with van der Waals surface area (Å²) in [5, 5.41) is 21.0. The molecule has 0 radical (unpaired) electrons. The molecule has 0 saturated carbocycles. The summed E-state index contributed by atoms with van der Waals surface area (Å²) in [6.07, 6.45) is 2.13. The molecule has 3 heterocycles. The zero-order valence-corrected chi connectivity index (χ0v) is 20.6. The number of carbonyl (C=O) groups is 1. The number of rotatable bonds is 6. The first-order valence-corrected chi connectivity index (χ1v) is 11.5. The van der Waals surface area contributed by atoms with Crippen LogP contribution in [-0.4, -0.2) is 53.0 Å². The second-order valence-corrected chi connectivity index (χ2v) is 8.79. The number of pyridine rings is 1. The van der Waals surface area contributed by atoms with E-state index in [0.29, 0.717) is 27.8 Å². The lowest BCUT2D eigenvalue weighted by molar-refractivity contribution is 0.203. The third-order valence-corrected chi connectivity index (χ3v) is 6.22. The van der Waals surface area contributed by atoms with Crippen molar-refractivity contribution in [2.75, 3.05) is 11.9 Å². The van der Waals surface area contributed by atoms with Gasteiger partial charge in [0.15, 0.2) is 0 Å². The fourth-order valence-electron chi connectivity index (χ4n) is 4.01. The van der Waals surface area contributed by atoms with Crippen LogP contribution in [0.2, 0.25) is 5.02 Å². The molecule has 1 amide bonds. The highest BCUT2D eigenvalue weighted by Gasteiger charge is 2.14. The van der Waals surface area contributed by atoms with E-state index in [-0.39, 0.29) is 12.1 Å². The zero-order chi connectivity index (χ0) is 26.1. The molecule has 186 valence electrons. The molecule has 3 aromatic heterocycles. The average Bonchev–Trinajstić information content (AvgIpc) is 3.58. The van der Waals surface area contributed by atoms with Gasteiger partial charge in [0.1, 0.15) is 12.2 Å². The topological polar surface area (TPSA) is 135 Å². The Morgan fingerprint density at radius 1 is 1.11 bits per heavy atom. The molecule has 0 aliphatic heterocycles. The molecule has 5 aromatic rings. The van der Waals surface area contributed by atoms with Crippen molar-refractivity contribution in [3.8, 4) is 28.1 Å². The first kappa shape index (κ1) is 23.9. The molecule has 0 aliphatic carbocycles. The van der Waals surface area contributed by atoms with E-state index >= 15 is 0 Å². The average molecular weight is 517 g/mol. The summed E-state index contributed by atoms with van der Waals surface area (Å²) in [6, 6.07) is 15.8. The normalized spacial score (nSPS) is 11.0. The van der Waals surface area contributed by atoms with E-state index < -0.39 is 6.09 Å². The number of benzene rings is 2. The quantitative estimate of drug-likeness (QED) is 0.348. The van der Waals surface area contributed by atoms with Gasteiger partial charge in [0.2, 0.25) is 0 Å². The predicted molar refractivity (Wildman–Crippen MR) is 138 cm³/mol. The summed E-state index contributed by atoms with van der Waals surface area (Å²) in [7, 11) is 1.48. The molecule has 11 nitrogen and oxygen atoms in total. The van der Waals surface area contributed by atoms with Gasteiger partial charge in [-0.2, -0.15) is 4.68 Å². The van der Waals surface area contributed by atoms with Gasteiger partial charge in [-0.25, -0.2) is 9.78 Å². The number of hydrogen-bond donors (Lipinski definition) is 2. The number of halogens is 1. The van der Waals surface area contributed by atoms with Crippen LogP contribution in [0.3, 0.4) is 0 Å². The van der Waals surface area contributed by atoms with Gasteiger partial charge in [-0.05, 0) is 64.9 Å². The molecule has 0 aliphatic rings. The number of imidazole rings is 1. The van der Waals surface area contributed by atoms with Crippen molar-refractivity contribution in [3.63, 3.8) is 0 Å². The minimum absolute atomic E-state index is 0.198. The van der Waals surface area contributed by atoms with E-state index in [1.165, 1.54) is 18.1 Å². The van der Waals surface area contributed by atoms with Gasteiger partial charge in [-0.3, -0.25) is 9.69 Å². The lowest BCUT2D eigenvalue weighted by atomic mass is 10.0. The van der Waals surface area contributed by atoms with Crippen molar-refractivity contribution in [2.45, 2.75) is 13.5 Å². The number of aromatic nitrogens is 7. The van der Waals surface area contributed by atoms with Crippen molar-refractivity contribution < 1.29 is 9.90 Å². The van der Waals surface area contributed by atoms with Crippen molar-refractivity contribution in [2.24, 2.45) is 0 Å². The molecule has 2 N–H and O–H groups in total. The molecule has 37 heavy (non-hydrogen) atoms. The second kappa shape index (κ2) is 9.70. The Hall–Kier alpha value is -4.77. The van der Waals surface area contributed by atoms with Crippen LogP contribution in [0.15, 0.2) is 71.9 Å². The Balaban J connectivity index is 1.42. The van der Waals surface area contributed by atoms with Crippen LogP contribution in [0.5, 0.6) is 0 Å². The highest BCUT2D eigenvalue weighted by atomic mass is 35.5. The van der Waals surface area contributed by atoms with E-state index in [1.54, 1.807) is 47.2 Å². The fraction of sp³-hybridized carbons (Fsp3) is 0.120. The number of H-pyrrole nitrogens is 1. The molecular formula is C25H21ClN8O3. The minimum atomic E-state index is -1.04. The van der Waals surface area contributed by atoms with Crippen molar-refractivity contribution in [1.82, 2.24) is 34.7 Å². The number of nitrogens with one attached hydrogen (secondary N) is 1. The smallest absolute Gasteiger partial charge is 0.411 e. The maximum Gasteiger partial charge on any atom is 0.411 e. The molecule has 0 bridgehead atoms. The third kappa shape index (κ3) is 4.84. The second-order valence-electron chi connectivity index (χ2n) is 8.36. The van der Waals surface area contributed by atoms with Crippen LogP contribution >= 0.6 is 11.6 Å². The van der Waals surface area contributed by atoms with E-state index in [9.17, 15) is 9.59 Å². The van der Waals surface area contributed by atoms with Gasteiger partial charge in [0.05, 0.1) is 24.1 Å². The lowest BCUT2D eigenvalue weighted by Gasteiger charge is -2.13. The molecular weight excluding hydrogens is 496 g/mol. The van der Waals surface area contributed by atoms with Crippen LogP contribution < -0.4 is 10.5 Å². The number of hydrogen-bond acceptors (Lipinski definition) is 6. The monoisotopic (exact) mass is 516 g/mol. The maximum absolute atomic E-state index is 13.1. The molecule has 5 rings (SSSR count). The van der Waals surface area contributed by atoms with Gasteiger partial charge < -0.3 is 14.7 Å². The highest BCUT2D eigenvalue weighted by Crippen LogP contribution is 2.29. The fourth-order valence-corrected chi connectivity index (χ4v) is 4.18. The number of tetrazole rings is 1. The van der Waals surface area contributed by atoms with E-state index in [1.807, 2.05) is 25.1 Å². The van der Waals surface area contributed by atoms with Crippen LogP contribution in [0, 0.1) is 6.92 Å². The summed E-state index contributed by atoms with van der Waals surface area (Å²) < 4.78 is 3.14. The van der Waals surface area contributed by atoms with Crippen LogP contribution in [0.25, 0.3) is 28.1 Å². The molecule has 0 saturated heterocycles. The van der Waals surface area contributed by atoms with Crippen LogP contribution in [0.1, 0.15) is 11.5 Å². The summed E-state index contributed by atoms with van der Waals surface area (Å²) in [5.41, 5.74) is 4.82. The molecule has 2 aromatic carbocycles. The first-order valence-electron chi connectivity index (χ1n) is 11.2. The number of carboxylic acid groups (broad SMARTS) is 1. The molecule has 0 unspecified atom stereocenters. The number of nitrogens with zero attached hydrogens (tertiary/aromatic N) is 7. The lowest BCUT2D eigenvalue weighted by Crippen LogP contribution is -2.23. The van der Waals surface area contributed by atoms with E-state index in [4.69, 9.17) is 16.7 Å². The summed E-state index contributed by atoms with van der Waals surface area (Å²) in [5.74, 6) is 0.608. The van der Waals surface area contributed by atoms with Crippen molar-refractivity contribution in [1.29, 1.82) is 0 Å². The largest absolute Gasteiger partial charge is 0.465 e. The van der Waals surface area contributed by atoms with Crippen LogP contribution in [0.4, 0.5) is 10.5 Å². The van der Waals surface area contributed by atoms with Gasteiger partial charge in [0, 0.05) is 35.1 Å². The standard InChI is InChI=1S/C25H21ClN8O3/c1-15-9-17(20-11-18(26)5-8-22(20)34-14-28-30-31-34)10-24(35)33(15)13-23-27-12-21(29-23)16-3-6-19(7-4-16)32(2)25(36)37/h3-12,14H,13H2,1-2H3,(H,27,29)(H,36,37). The Labute approximate surface area is 215 Å². The van der Waals surface area contributed by atoms with Gasteiger partial charge in [0.25, 0.3) is 5.56 Å². The highest BCUT2D eigenvalue weighted by molar-refractivity contribution is 6.31. The van der Waals surface area contributed by atoms with Crippen molar-refractivity contribution in [3.05, 3.63) is 94.0 Å². The summed E-state index contributed by atoms with van der Waals surface area (Å²) in [6.45, 7) is 2.11. The summed E-state index contributed by atoms with van der Waals surface area (Å²) >= 11 is 6.25. The Morgan fingerprint density at radius 2 is 1.89 bits per heavy atom. The molecule has 0 fully saturated rings. The van der Waals surface area contributed by atoms with Gasteiger partial charge >= 0.3 is 6.09 Å². The minimum Gasteiger partial charge on any atom is -0.465 e. The first-order chi connectivity index (χ1) is 17.8. The van der Waals surface area contributed by atoms with Gasteiger partial charge in [-0.15, -0.1) is 5.10 Å². The van der Waals surface area contributed by atoms with Crippen LogP contribution in [-0.2, 0) is 6.54 Å². The van der Waals surface area contributed by atoms with E-state index in [0.717, 1.165) is 27.4 Å². The van der Waals surface area contributed by atoms with Crippen molar-refractivity contribution >= 4 is 23.4 Å². The molecule has 0 atom stereocenters. The maximum atomic E-state index is 13.1. The predicted octanol–water partition coefficient (Wildman–Crippen LogP) is 4.01. The van der Waals surface area contributed by atoms with Gasteiger partial charge in [-0.1, -0.05) is 23.7 Å². The molecule has 0 spiro atoms. The Kier molecular flexibility index (Phi) is 6.28.